The lowest BCUT2D eigenvalue weighted by Gasteiger charge is -2.26. The molecular weight excluding hydrogens is 488 g/mol. The molecular formula is C32H38N4O3. The van der Waals surface area contributed by atoms with Gasteiger partial charge in [0.2, 0.25) is 0 Å². The molecule has 1 amide bonds. The summed E-state index contributed by atoms with van der Waals surface area (Å²) in [6.07, 6.45) is 9.26. The Bertz CT molecular complexity index is 1430. The van der Waals surface area contributed by atoms with E-state index in [1.807, 2.05) is 47.5 Å². The Kier molecular flexibility index (Phi) is 7.70. The van der Waals surface area contributed by atoms with E-state index < -0.39 is 0 Å². The van der Waals surface area contributed by atoms with Gasteiger partial charge in [0.05, 0.1) is 31.2 Å². The van der Waals surface area contributed by atoms with Crippen LogP contribution in [-0.2, 0) is 4.74 Å². The molecule has 3 aliphatic rings. The quantitative estimate of drug-likeness (QED) is 0.460. The largest absolute Gasteiger partial charge is 0.493 e. The number of H-pyrrole nitrogens is 1. The first-order valence-electron chi connectivity index (χ1n) is 14.3. The van der Waals surface area contributed by atoms with Crippen LogP contribution in [0.1, 0.15) is 48.0 Å². The standard InChI is InChI=1S/C32H38N4O3/c1-23-12-15-36(30-6-3-2-5-29(30)34-23)32(37)26-7-9-27(24-8-10-28-25(21-24)11-13-33-28)31(22-26)39-18-4-14-35-16-19-38-20-17-35/h2-3,5-7,9-11,13,21-24,33-34H,4,8,12,14-20H2,1H3/t23-,24?/m0/s1. The third-order valence-electron chi connectivity index (χ3n) is 8.04. The van der Waals surface area contributed by atoms with E-state index in [0.29, 0.717) is 24.8 Å². The maximum absolute atomic E-state index is 13.9. The summed E-state index contributed by atoms with van der Waals surface area (Å²) in [5, 5.41) is 5.94. The highest BCUT2D eigenvalue weighted by atomic mass is 16.5. The number of fused-ring (bicyclic) bond motifs is 2. The number of carbonyl (C=O) groups excluding carboxylic acids is 1. The molecule has 0 saturated carbocycles. The van der Waals surface area contributed by atoms with E-state index in [0.717, 1.165) is 74.8 Å². The van der Waals surface area contributed by atoms with E-state index in [1.165, 1.54) is 10.6 Å². The van der Waals surface area contributed by atoms with Crippen molar-refractivity contribution in [3.63, 3.8) is 0 Å². The smallest absolute Gasteiger partial charge is 0.258 e. The van der Waals surface area contributed by atoms with Crippen molar-refractivity contribution in [3.8, 4) is 5.75 Å². The highest BCUT2D eigenvalue weighted by Crippen LogP contribution is 2.35. The topological polar surface area (TPSA) is 69.8 Å². The Labute approximate surface area is 230 Å². The van der Waals surface area contributed by atoms with Gasteiger partial charge in [0.15, 0.2) is 0 Å². The number of nitrogens with one attached hydrogen (secondary N) is 2. The lowest BCUT2D eigenvalue weighted by atomic mass is 9.90. The molecule has 0 spiro atoms. The first-order valence-corrected chi connectivity index (χ1v) is 14.3. The Morgan fingerprint density at radius 2 is 1.97 bits per heavy atom. The van der Waals surface area contributed by atoms with Crippen LogP contribution in [0.5, 0.6) is 5.75 Å². The molecule has 3 aromatic rings. The Balaban J connectivity index is 1.26. The van der Waals surface area contributed by atoms with Crippen molar-refractivity contribution in [3.05, 3.63) is 76.4 Å². The summed E-state index contributed by atoms with van der Waals surface area (Å²) in [4.78, 5) is 21.6. The van der Waals surface area contributed by atoms with Gasteiger partial charge in [0.25, 0.3) is 5.91 Å². The number of benzene rings is 2. The Morgan fingerprint density at radius 1 is 1.10 bits per heavy atom. The molecule has 0 radical (unpaired) electrons. The van der Waals surface area contributed by atoms with Gasteiger partial charge in [-0.1, -0.05) is 30.4 Å². The number of carbonyl (C=O) groups is 1. The molecule has 1 fully saturated rings. The van der Waals surface area contributed by atoms with Gasteiger partial charge in [0.1, 0.15) is 5.75 Å². The number of amides is 1. The van der Waals surface area contributed by atoms with Crippen molar-refractivity contribution in [2.75, 3.05) is 56.2 Å². The lowest BCUT2D eigenvalue weighted by molar-refractivity contribution is 0.0358. The minimum atomic E-state index is 0.00942. The van der Waals surface area contributed by atoms with Crippen LogP contribution in [0.2, 0.25) is 0 Å². The molecule has 2 aromatic carbocycles. The molecule has 2 N–H and O–H groups in total. The summed E-state index contributed by atoms with van der Waals surface area (Å²) >= 11 is 0. The van der Waals surface area contributed by atoms with Crippen LogP contribution in [0.4, 0.5) is 11.4 Å². The normalized spacial score (nSPS) is 21.0. The minimum absolute atomic E-state index is 0.00942. The molecule has 1 aromatic heterocycles. The number of ether oxygens (including phenoxy) is 2. The second-order valence-electron chi connectivity index (χ2n) is 10.8. The van der Waals surface area contributed by atoms with E-state index in [9.17, 15) is 4.79 Å². The van der Waals surface area contributed by atoms with Crippen LogP contribution in [0.15, 0.2) is 54.7 Å². The third kappa shape index (κ3) is 5.75. The maximum atomic E-state index is 13.9. The highest BCUT2D eigenvalue weighted by molar-refractivity contribution is 6.08. The summed E-state index contributed by atoms with van der Waals surface area (Å²) in [7, 11) is 0. The van der Waals surface area contributed by atoms with E-state index in [2.05, 4.69) is 46.4 Å². The van der Waals surface area contributed by atoms with Crippen LogP contribution in [0.3, 0.4) is 0 Å². The molecule has 1 saturated heterocycles. The molecule has 7 nitrogen and oxygen atoms in total. The van der Waals surface area contributed by atoms with E-state index in [4.69, 9.17) is 9.47 Å². The zero-order valence-electron chi connectivity index (χ0n) is 22.7. The van der Waals surface area contributed by atoms with E-state index >= 15 is 0 Å². The number of anilines is 2. The summed E-state index contributed by atoms with van der Waals surface area (Å²) < 4.78 is 11.9. The van der Waals surface area contributed by atoms with Crippen molar-refractivity contribution < 1.29 is 14.3 Å². The van der Waals surface area contributed by atoms with Gasteiger partial charge in [-0.05, 0) is 61.7 Å². The second kappa shape index (κ2) is 11.7. The monoisotopic (exact) mass is 526 g/mol. The van der Waals surface area contributed by atoms with Crippen molar-refractivity contribution in [2.24, 2.45) is 0 Å². The molecule has 204 valence electrons. The zero-order chi connectivity index (χ0) is 26.6. The molecule has 3 heterocycles. The van der Waals surface area contributed by atoms with E-state index in [-0.39, 0.29) is 11.8 Å². The summed E-state index contributed by atoms with van der Waals surface area (Å²) in [6, 6.07) is 16.5. The number of morpholine rings is 1. The molecule has 0 bridgehead atoms. The predicted octanol–water partition coefficient (Wildman–Crippen LogP) is 3.72. The number of rotatable bonds is 7. The average Bonchev–Trinajstić information content (AvgIpc) is 3.37. The average molecular weight is 527 g/mol. The summed E-state index contributed by atoms with van der Waals surface area (Å²) in [5.74, 6) is 1.02. The fourth-order valence-electron chi connectivity index (χ4n) is 5.84. The van der Waals surface area contributed by atoms with Crippen molar-refractivity contribution in [2.45, 2.75) is 38.1 Å². The van der Waals surface area contributed by atoms with Gasteiger partial charge in [-0.15, -0.1) is 0 Å². The van der Waals surface area contributed by atoms with Gasteiger partial charge in [-0.3, -0.25) is 9.69 Å². The second-order valence-corrected chi connectivity index (χ2v) is 10.8. The molecule has 1 unspecified atom stereocenters. The molecule has 39 heavy (non-hydrogen) atoms. The fraction of sp³-hybridized carbons (Fsp3) is 0.406. The van der Waals surface area contributed by atoms with Crippen LogP contribution in [0.25, 0.3) is 12.2 Å². The number of nitrogens with zero attached hydrogens (tertiary/aromatic N) is 2. The number of para-hydroxylation sites is 2. The van der Waals surface area contributed by atoms with Crippen LogP contribution < -0.4 is 25.5 Å². The van der Waals surface area contributed by atoms with Gasteiger partial charge in [-0.2, -0.15) is 0 Å². The SMILES string of the molecule is C[C@H]1CCN(C(=O)c2ccc(C3C=c4cc[nH]c4=CC3)c(OCCCN3CCOCC3)c2)c2ccccc2N1. The van der Waals surface area contributed by atoms with Crippen molar-refractivity contribution in [1.29, 1.82) is 0 Å². The highest BCUT2D eigenvalue weighted by Gasteiger charge is 2.26. The van der Waals surface area contributed by atoms with Crippen LogP contribution in [0, 0.1) is 0 Å². The van der Waals surface area contributed by atoms with Gasteiger partial charge < -0.3 is 24.7 Å². The summed E-state index contributed by atoms with van der Waals surface area (Å²) in [6.45, 7) is 8.00. The Morgan fingerprint density at radius 3 is 2.87 bits per heavy atom. The summed E-state index contributed by atoms with van der Waals surface area (Å²) in [5.41, 5.74) is 3.72. The molecule has 2 atom stereocenters. The van der Waals surface area contributed by atoms with E-state index in [1.54, 1.807) is 0 Å². The Hall–Kier alpha value is -3.55. The third-order valence-corrected chi connectivity index (χ3v) is 8.04. The molecule has 6 rings (SSSR count). The first-order chi connectivity index (χ1) is 19.2. The first kappa shape index (κ1) is 25.7. The van der Waals surface area contributed by atoms with Gasteiger partial charge >= 0.3 is 0 Å². The maximum Gasteiger partial charge on any atom is 0.258 e. The zero-order valence-corrected chi connectivity index (χ0v) is 22.7. The predicted molar refractivity (Wildman–Crippen MR) is 156 cm³/mol. The number of hydrogen-bond acceptors (Lipinski definition) is 5. The number of aromatic amines is 1. The lowest BCUT2D eigenvalue weighted by Crippen LogP contribution is -2.37. The molecule has 2 aliphatic heterocycles. The molecule has 1 aliphatic carbocycles. The minimum Gasteiger partial charge on any atom is -0.493 e. The van der Waals surface area contributed by atoms with Crippen molar-refractivity contribution >= 4 is 29.4 Å². The molecule has 7 heteroatoms. The van der Waals surface area contributed by atoms with Crippen LogP contribution in [-0.4, -0.2) is 67.8 Å². The fourth-order valence-corrected chi connectivity index (χ4v) is 5.84. The van der Waals surface area contributed by atoms with Gasteiger partial charge in [-0.25, -0.2) is 0 Å². The van der Waals surface area contributed by atoms with Crippen LogP contribution >= 0.6 is 0 Å². The van der Waals surface area contributed by atoms with Crippen molar-refractivity contribution in [1.82, 2.24) is 9.88 Å². The number of hydrogen-bond donors (Lipinski definition) is 2. The number of aromatic nitrogens is 1. The van der Waals surface area contributed by atoms with Gasteiger partial charge in [0, 0.05) is 60.8 Å².